The largest absolute Gasteiger partial charge is 0.442 e. The van der Waals surface area contributed by atoms with E-state index in [1.54, 1.807) is 13.0 Å². The third-order valence-corrected chi connectivity index (χ3v) is 7.67. The highest BCUT2D eigenvalue weighted by Gasteiger charge is 2.28. The zero-order valence-electron chi connectivity index (χ0n) is 22.2. The summed E-state index contributed by atoms with van der Waals surface area (Å²) >= 11 is 6.54. The van der Waals surface area contributed by atoms with Crippen LogP contribution < -0.4 is 15.6 Å². The van der Waals surface area contributed by atoms with Gasteiger partial charge in [-0.1, -0.05) is 11.6 Å². The summed E-state index contributed by atoms with van der Waals surface area (Å²) in [5.41, 5.74) is 3.81. The normalized spacial score (nSPS) is 17.7. The monoisotopic (exact) mass is 525 g/mol. The number of aryl methyl sites for hydroxylation is 1. The van der Waals surface area contributed by atoms with Crippen molar-refractivity contribution in [3.63, 3.8) is 0 Å². The van der Waals surface area contributed by atoms with Crippen LogP contribution in [0.4, 0.5) is 5.69 Å². The third kappa shape index (κ3) is 5.91. The highest BCUT2D eigenvalue weighted by molar-refractivity contribution is 6.31. The Morgan fingerprint density at radius 3 is 2.49 bits per heavy atom. The standard InChI is InChI=1S/C28H36ClN5O3/c1-6-34(21-9-7-20(8-10-21)33(4)5)24-13-19(29)12-22(18(24)3)28(36)31-14-23-25(35)11-17(2)32-27(23)26-15-30-16-37-26/h11-13,15-16,20-21H,6-10,14H2,1-5H3,(H,31,36)(H,32,35). The van der Waals surface area contributed by atoms with Crippen molar-refractivity contribution in [2.45, 2.75) is 65.1 Å². The van der Waals surface area contributed by atoms with Crippen molar-refractivity contribution in [3.8, 4) is 11.5 Å². The Hall–Kier alpha value is -3.10. The van der Waals surface area contributed by atoms with Gasteiger partial charge in [-0.25, -0.2) is 4.98 Å². The molecule has 0 radical (unpaired) electrons. The molecule has 198 valence electrons. The van der Waals surface area contributed by atoms with Gasteiger partial charge in [-0.15, -0.1) is 0 Å². The number of carbonyl (C=O) groups excluding carboxylic acids is 1. The maximum Gasteiger partial charge on any atom is 0.251 e. The van der Waals surface area contributed by atoms with Crippen molar-refractivity contribution in [1.29, 1.82) is 0 Å². The minimum atomic E-state index is -0.280. The lowest BCUT2D eigenvalue weighted by molar-refractivity contribution is 0.0950. The minimum absolute atomic E-state index is 0.0395. The molecule has 8 nitrogen and oxygen atoms in total. The van der Waals surface area contributed by atoms with Crippen LogP contribution in [0.3, 0.4) is 0 Å². The smallest absolute Gasteiger partial charge is 0.251 e. The molecule has 1 aliphatic rings. The van der Waals surface area contributed by atoms with Crippen LogP contribution in [0.2, 0.25) is 5.02 Å². The summed E-state index contributed by atoms with van der Waals surface area (Å²) in [4.78, 5) is 38.0. The molecule has 0 saturated heterocycles. The molecule has 0 unspecified atom stereocenters. The Labute approximate surface area is 223 Å². The zero-order chi connectivity index (χ0) is 26.7. The van der Waals surface area contributed by atoms with Gasteiger partial charge in [-0.3, -0.25) is 9.59 Å². The summed E-state index contributed by atoms with van der Waals surface area (Å²) in [6.07, 6.45) is 7.35. The molecular formula is C28H36ClN5O3. The van der Waals surface area contributed by atoms with Crippen LogP contribution in [0.5, 0.6) is 0 Å². The molecule has 2 aromatic heterocycles. The summed E-state index contributed by atoms with van der Waals surface area (Å²) in [6, 6.07) is 6.19. The van der Waals surface area contributed by atoms with Crippen molar-refractivity contribution in [2.75, 3.05) is 25.5 Å². The quantitative estimate of drug-likeness (QED) is 0.433. The number of nitrogens with one attached hydrogen (secondary N) is 2. The number of pyridine rings is 1. The van der Waals surface area contributed by atoms with E-state index < -0.39 is 0 Å². The molecule has 1 amide bonds. The van der Waals surface area contributed by atoms with E-state index in [1.165, 1.54) is 18.7 Å². The van der Waals surface area contributed by atoms with Crippen LogP contribution in [0, 0.1) is 13.8 Å². The molecule has 4 rings (SSSR count). The van der Waals surface area contributed by atoms with Crippen LogP contribution in [-0.2, 0) is 6.54 Å². The van der Waals surface area contributed by atoms with E-state index >= 15 is 0 Å². The van der Waals surface area contributed by atoms with Gasteiger partial charge in [0, 0.05) is 58.8 Å². The predicted octanol–water partition coefficient (Wildman–Crippen LogP) is 4.93. The first-order valence-corrected chi connectivity index (χ1v) is 13.2. The van der Waals surface area contributed by atoms with Gasteiger partial charge >= 0.3 is 0 Å². The van der Waals surface area contributed by atoms with Gasteiger partial charge in [-0.05, 0) is 78.2 Å². The van der Waals surface area contributed by atoms with E-state index in [2.05, 4.69) is 46.1 Å². The number of benzene rings is 1. The molecule has 2 N–H and O–H groups in total. The first kappa shape index (κ1) is 26.9. The van der Waals surface area contributed by atoms with Gasteiger partial charge in [-0.2, -0.15) is 0 Å². The van der Waals surface area contributed by atoms with Crippen LogP contribution >= 0.6 is 11.6 Å². The summed E-state index contributed by atoms with van der Waals surface area (Å²) in [5, 5.41) is 3.44. The molecule has 2 heterocycles. The summed E-state index contributed by atoms with van der Waals surface area (Å²) in [6.45, 7) is 6.78. The lowest BCUT2D eigenvalue weighted by Gasteiger charge is -2.40. The molecule has 9 heteroatoms. The van der Waals surface area contributed by atoms with Gasteiger partial charge < -0.3 is 24.5 Å². The van der Waals surface area contributed by atoms with E-state index in [1.807, 2.05) is 13.0 Å². The number of rotatable bonds is 8. The van der Waals surface area contributed by atoms with Crippen LogP contribution in [-0.4, -0.2) is 53.5 Å². The number of halogens is 1. The first-order valence-electron chi connectivity index (χ1n) is 12.8. The molecule has 0 bridgehead atoms. The van der Waals surface area contributed by atoms with Gasteiger partial charge in [0.1, 0.15) is 0 Å². The second-order valence-corrected chi connectivity index (χ2v) is 10.5. The fourth-order valence-corrected chi connectivity index (χ4v) is 5.63. The lowest BCUT2D eigenvalue weighted by Crippen LogP contribution is -2.42. The maximum absolute atomic E-state index is 13.4. The number of anilines is 1. The van der Waals surface area contributed by atoms with E-state index in [0.717, 1.165) is 43.5 Å². The van der Waals surface area contributed by atoms with Crippen LogP contribution in [0.15, 0.2) is 40.0 Å². The van der Waals surface area contributed by atoms with E-state index in [4.69, 9.17) is 16.0 Å². The van der Waals surface area contributed by atoms with Crippen LogP contribution in [0.25, 0.3) is 11.5 Å². The number of hydrogen-bond donors (Lipinski definition) is 2. The van der Waals surface area contributed by atoms with Gasteiger partial charge in [0.05, 0.1) is 11.9 Å². The third-order valence-electron chi connectivity index (χ3n) is 7.45. The van der Waals surface area contributed by atoms with Crippen molar-refractivity contribution in [2.24, 2.45) is 0 Å². The minimum Gasteiger partial charge on any atom is -0.442 e. The Kier molecular flexibility index (Phi) is 8.39. The molecule has 1 aromatic carbocycles. The number of carbonyl (C=O) groups is 1. The Balaban J connectivity index is 1.57. The van der Waals surface area contributed by atoms with Crippen LogP contribution in [0.1, 0.15) is 59.8 Å². The first-order chi connectivity index (χ1) is 17.7. The second-order valence-electron chi connectivity index (χ2n) is 10.0. The molecule has 1 saturated carbocycles. The molecule has 1 aliphatic carbocycles. The molecule has 37 heavy (non-hydrogen) atoms. The van der Waals surface area contributed by atoms with Gasteiger partial charge in [0.25, 0.3) is 5.91 Å². The molecule has 0 aliphatic heterocycles. The topological polar surface area (TPSA) is 94.5 Å². The molecule has 3 aromatic rings. The predicted molar refractivity (Wildman–Crippen MR) is 147 cm³/mol. The second kappa shape index (κ2) is 11.5. The summed E-state index contributed by atoms with van der Waals surface area (Å²) in [7, 11) is 4.29. The Morgan fingerprint density at radius 2 is 1.86 bits per heavy atom. The van der Waals surface area contributed by atoms with Gasteiger partial charge in [0.2, 0.25) is 0 Å². The molecule has 0 spiro atoms. The summed E-state index contributed by atoms with van der Waals surface area (Å²) in [5.74, 6) is 0.158. The number of aromatic nitrogens is 2. The molecule has 1 fully saturated rings. The van der Waals surface area contributed by atoms with Crippen molar-refractivity contribution in [1.82, 2.24) is 20.2 Å². The number of aromatic amines is 1. The molecule has 0 atom stereocenters. The van der Waals surface area contributed by atoms with Gasteiger partial charge in [0.15, 0.2) is 17.6 Å². The molecular weight excluding hydrogens is 490 g/mol. The number of hydrogen-bond acceptors (Lipinski definition) is 6. The van der Waals surface area contributed by atoms with Crippen molar-refractivity contribution < 1.29 is 9.21 Å². The average molecular weight is 526 g/mol. The number of nitrogens with zero attached hydrogens (tertiary/aromatic N) is 3. The fraction of sp³-hybridized carbons (Fsp3) is 0.464. The summed E-state index contributed by atoms with van der Waals surface area (Å²) < 4.78 is 5.41. The Bertz CT molecular complexity index is 1290. The lowest BCUT2D eigenvalue weighted by atomic mass is 9.89. The highest BCUT2D eigenvalue weighted by Crippen LogP contribution is 2.34. The zero-order valence-corrected chi connectivity index (χ0v) is 23.0. The average Bonchev–Trinajstić information content (AvgIpc) is 3.40. The van der Waals surface area contributed by atoms with E-state index in [-0.39, 0.29) is 17.9 Å². The highest BCUT2D eigenvalue weighted by atomic mass is 35.5. The number of oxazole rings is 1. The van der Waals surface area contributed by atoms with E-state index in [9.17, 15) is 9.59 Å². The fourth-order valence-electron chi connectivity index (χ4n) is 5.41. The SMILES string of the molecule is CCN(c1cc(Cl)cc(C(=O)NCc2c(-c3cnco3)[nH]c(C)cc2=O)c1C)C1CCC(N(C)C)CC1. The number of amides is 1. The Morgan fingerprint density at radius 1 is 1.16 bits per heavy atom. The van der Waals surface area contributed by atoms with E-state index in [0.29, 0.717) is 45.4 Å². The maximum atomic E-state index is 13.4. The number of H-pyrrole nitrogens is 1. The van der Waals surface area contributed by atoms with Crippen molar-refractivity contribution in [3.05, 3.63) is 68.4 Å². The van der Waals surface area contributed by atoms with Crippen molar-refractivity contribution >= 4 is 23.2 Å².